The van der Waals surface area contributed by atoms with E-state index in [2.05, 4.69) is 26.1 Å². The van der Waals surface area contributed by atoms with Gasteiger partial charge in [-0.25, -0.2) is 0 Å². The smallest absolute Gasteiger partial charge is 0.0587 e. The minimum Gasteiger partial charge on any atom is -0.383 e. The third-order valence-corrected chi connectivity index (χ3v) is 3.73. The highest BCUT2D eigenvalue weighted by Crippen LogP contribution is 2.33. The lowest BCUT2D eigenvalue weighted by Crippen LogP contribution is -2.43. The van der Waals surface area contributed by atoms with Crippen molar-refractivity contribution in [1.29, 1.82) is 0 Å². The molecule has 1 aliphatic carbocycles. The van der Waals surface area contributed by atoms with E-state index in [0.717, 1.165) is 30.9 Å². The number of rotatable bonds is 5. The molecule has 0 amide bonds. The monoisotopic (exact) mass is 213 g/mol. The molecule has 2 nitrogen and oxygen atoms in total. The van der Waals surface area contributed by atoms with E-state index in [0.29, 0.717) is 6.04 Å². The minimum absolute atomic E-state index is 0.712. The zero-order valence-electron chi connectivity index (χ0n) is 10.8. The Morgan fingerprint density at radius 2 is 2.07 bits per heavy atom. The number of hydrogen-bond acceptors (Lipinski definition) is 2. The fraction of sp³-hybridized carbons (Fsp3) is 1.00. The lowest BCUT2D eigenvalue weighted by Gasteiger charge is -2.38. The average molecular weight is 213 g/mol. The zero-order valence-corrected chi connectivity index (χ0v) is 10.8. The van der Waals surface area contributed by atoms with Gasteiger partial charge in [-0.2, -0.15) is 0 Å². The Kier molecular flexibility index (Phi) is 5.62. The van der Waals surface area contributed by atoms with Crippen molar-refractivity contribution in [2.24, 2.45) is 17.8 Å². The lowest BCUT2D eigenvalue weighted by molar-refractivity contribution is 0.148. The first kappa shape index (κ1) is 13.0. The minimum atomic E-state index is 0.712. The Morgan fingerprint density at radius 1 is 1.33 bits per heavy atom. The third kappa shape index (κ3) is 4.12. The molecule has 0 heterocycles. The molecule has 0 aliphatic heterocycles. The first-order chi connectivity index (χ1) is 7.15. The van der Waals surface area contributed by atoms with Crippen LogP contribution < -0.4 is 5.32 Å². The summed E-state index contributed by atoms with van der Waals surface area (Å²) in [5, 5.41) is 3.66. The SMILES string of the molecule is COCCN[C@@H]1C[C@@H](C)CC[C@@H]1C(C)C. The van der Waals surface area contributed by atoms with Gasteiger partial charge < -0.3 is 10.1 Å². The predicted octanol–water partition coefficient (Wildman–Crippen LogP) is 2.68. The molecule has 15 heavy (non-hydrogen) atoms. The second-order valence-corrected chi connectivity index (χ2v) is 5.38. The van der Waals surface area contributed by atoms with Crippen molar-refractivity contribution in [3.63, 3.8) is 0 Å². The van der Waals surface area contributed by atoms with Crippen molar-refractivity contribution in [3.05, 3.63) is 0 Å². The van der Waals surface area contributed by atoms with Gasteiger partial charge >= 0.3 is 0 Å². The van der Waals surface area contributed by atoms with Crippen LogP contribution in [0.3, 0.4) is 0 Å². The summed E-state index contributed by atoms with van der Waals surface area (Å²) in [4.78, 5) is 0. The van der Waals surface area contributed by atoms with Crippen molar-refractivity contribution in [2.75, 3.05) is 20.3 Å². The van der Waals surface area contributed by atoms with Crippen molar-refractivity contribution in [1.82, 2.24) is 5.32 Å². The second-order valence-electron chi connectivity index (χ2n) is 5.38. The van der Waals surface area contributed by atoms with Crippen LogP contribution in [0.4, 0.5) is 0 Å². The van der Waals surface area contributed by atoms with Gasteiger partial charge in [0.2, 0.25) is 0 Å². The van der Waals surface area contributed by atoms with E-state index in [1.807, 2.05) is 0 Å². The van der Waals surface area contributed by atoms with Crippen molar-refractivity contribution in [2.45, 2.75) is 46.1 Å². The van der Waals surface area contributed by atoms with E-state index >= 15 is 0 Å². The van der Waals surface area contributed by atoms with Gasteiger partial charge in [0.25, 0.3) is 0 Å². The highest BCUT2D eigenvalue weighted by Gasteiger charge is 2.29. The van der Waals surface area contributed by atoms with Crippen LogP contribution in [-0.4, -0.2) is 26.3 Å². The van der Waals surface area contributed by atoms with Crippen LogP contribution in [0, 0.1) is 17.8 Å². The maximum Gasteiger partial charge on any atom is 0.0587 e. The van der Waals surface area contributed by atoms with Crippen molar-refractivity contribution < 1.29 is 4.74 Å². The summed E-state index contributed by atoms with van der Waals surface area (Å²) in [5.41, 5.74) is 0. The lowest BCUT2D eigenvalue weighted by atomic mass is 9.74. The van der Waals surface area contributed by atoms with E-state index < -0.39 is 0 Å². The Labute approximate surface area is 94.8 Å². The maximum absolute atomic E-state index is 5.09. The molecule has 0 radical (unpaired) electrons. The Hall–Kier alpha value is -0.0800. The molecule has 2 heteroatoms. The summed E-state index contributed by atoms with van der Waals surface area (Å²) in [5.74, 6) is 2.55. The number of hydrogen-bond donors (Lipinski definition) is 1. The normalized spacial score (nSPS) is 32.2. The molecule has 0 aromatic heterocycles. The number of nitrogens with one attached hydrogen (secondary N) is 1. The van der Waals surface area contributed by atoms with Gasteiger partial charge in [0.05, 0.1) is 6.61 Å². The predicted molar refractivity (Wildman–Crippen MR) is 65.0 cm³/mol. The maximum atomic E-state index is 5.09. The van der Waals surface area contributed by atoms with Crippen molar-refractivity contribution >= 4 is 0 Å². The highest BCUT2D eigenvalue weighted by molar-refractivity contribution is 4.85. The first-order valence-corrected chi connectivity index (χ1v) is 6.37. The van der Waals surface area contributed by atoms with Crippen LogP contribution in [0.2, 0.25) is 0 Å². The van der Waals surface area contributed by atoms with Crippen LogP contribution in [-0.2, 0) is 4.74 Å². The highest BCUT2D eigenvalue weighted by atomic mass is 16.5. The molecule has 1 N–H and O–H groups in total. The van der Waals surface area contributed by atoms with E-state index in [9.17, 15) is 0 Å². The molecule has 3 atom stereocenters. The van der Waals surface area contributed by atoms with Crippen molar-refractivity contribution in [3.8, 4) is 0 Å². The van der Waals surface area contributed by atoms with E-state index in [1.54, 1.807) is 7.11 Å². The third-order valence-electron chi connectivity index (χ3n) is 3.73. The average Bonchev–Trinajstić information content (AvgIpc) is 2.18. The van der Waals surface area contributed by atoms with Gasteiger partial charge in [-0.15, -0.1) is 0 Å². The van der Waals surface area contributed by atoms with Gasteiger partial charge in [-0.3, -0.25) is 0 Å². The fourth-order valence-electron chi connectivity index (χ4n) is 2.78. The molecule has 1 rings (SSSR count). The number of methoxy groups -OCH3 is 1. The standard InChI is InChI=1S/C13H27NO/c1-10(2)12-6-5-11(3)9-13(12)14-7-8-15-4/h10-14H,5-9H2,1-4H3/t11-,12+,13+/m0/s1. The molecular weight excluding hydrogens is 186 g/mol. The Balaban J connectivity index is 2.39. The van der Waals surface area contributed by atoms with Gasteiger partial charge in [-0.05, 0) is 30.6 Å². The van der Waals surface area contributed by atoms with Crippen LogP contribution in [0.1, 0.15) is 40.0 Å². The van der Waals surface area contributed by atoms with Gasteiger partial charge in [-0.1, -0.05) is 27.2 Å². The molecule has 0 aromatic carbocycles. The molecule has 0 unspecified atom stereocenters. The summed E-state index contributed by atoms with van der Waals surface area (Å²) in [6.07, 6.45) is 4.14. The van der Waals surface area contributed by atoms with Crippen LogP contribution in [0.15, 0.2) is 0 Å². The van der Waals surface area contributed by atoms with Gasteiger partial charge in [0.15, 0.2) is 0 Å². The molecule has 0 saturated heterocycles. The molecule has 1 saturated carbocycles. The Bertz CT molecular complexity index is 170. The van der Waals surface area contributed by atoms with Crippen LogP contribution in [0.5, 0.6) is 0 Å². The summed E-state index contributed by atoms with van der Waals surface area (Å²) in [7, 11) is 1.77. The first-order valence-electron chi connectivity index (χ1n) is 6.37. The van der Waals surface area contributed by atoms with Gasteiger partial charge in [0.1, 0.15) is 0 Å². The summed E-state index contributed by atoms with van der Waals surface area (Å²) in [6, 6.07) is 0.712. The summed E-state index contributed by atoms with van der Waals surface area (Å²) < 4.78 is 5.09. The molecule has 1 fully saturated rings. The molecule has 90 valence electrons. The topological polar surface area (TPSA) is 21.3 Å². The molecule has 0 spiro atoms. The molecule has 1 aliphatic rings. The largest absolute Gasteiger partial charge is 0.383 e. The fourth-order valence-corrected chi connectivity index (χ4v) is 2.78. The second kappa shape index (κ2) is 6.49. The molecule has 0 aromatic rings. The van der Waals surface area contributed by atoms with Crippen LogP contribution >= 0.6 is 0 Å². The van der Waals surface area contributed by atoms with Gasteiger partial charge in [0, 0.05) is 19.7 Å². The van der Waals surface area contributed by atoms with E-state index in [-0.39, 0.29) is 0 Å². The van der Waals surface area contributed by atoms with E-state index in [1.165, 1.54) is 19.3 Å². The zero-order chi connectivity index (χ0) is 11.3. The van der Waals surface area contributed by atoms with Crippen LogP contribution in [0.25, 0.3) is 0 Å². The summed E-state index contributed by atoms with van der Waals surface area (Å²) >= 11 is 0. The molecular formula is C13H27NO. The summed E-state index contributed by atoms with van der Waals surface area (Å²) in [6.45, 7) is 8.91. The quantitative estimate of drug-likeness (QED) is 0.709. The van der Waals surface area contributed by atoms with E-state index in [4.69, 9.17) is 4.74 Å². The Morgan fingerprint density at radius 3 is 2.67 bits per heavy atom. The number of ether oxygens (including phenoxy) is 1. The molecule has 0 bridgehead atoms.